The molecule has 0 saturated heterocycles. The van der Waals surface area contributed by atoms with E-state index in [9.17, 15) is 8.42 Å². The van der Waals surface area contributed by atoms with Crippen LogP contribution in [0.1, 0.15) is 25.0 Å². The molecule has 0 aliphatic rings. The molecule has 0 fully saturated rings. The normalized spacial score (nSPS) is 12.5. The van der Waals surface area contributed by atoms with Crippen molar-refractivity contribution in [2.45, 2.75) is 33.5 Å². The fraction of sp³-hybridized carbons (Fsp3) is 0.500. The number of rotatable bonds is 4. The van der Waals surface area contributed by atoms with Crippen molar-refractivity contribution in [1.82, 2.24) is 0 Å². The maximum absolute atomic E-state index is 11.1. The Morgan fingerprint density at radius 3 is 2.00 bits per heavy atom. The molecule has 1 rings (SSSR count). The Morgan fingerprint density at radius 1 is 1.12 bits per heavy atom. The largest absolute Gasteiger partial charge is 0.461 e. The maximum atomic E-state index is 11.1. The van der Waals surface area contributed by atoms with Gasteiger partial charge in [0.15, 0.2) is 0 Å². The number of ether oxygens (including phenoxy) is 1. The number of para-hydroxylation sites is 1. The summed E-state index contributed by atoms with van der Waals surface area (Å²) in [6, 6.07) is 5.72. The van der Waals surface area contributed by atoms with E-state index in [1.165, 1.54) is 0 Å². The van der Waals surface area contributed by atoms with Crippen molar-refractivity contribution in [3.8, 4) is 5.75 Å². The molecule has 5 heteroatoms. The lowest BCUT2D eigenvalue weighted by Crippen LogP contribution is -2.34. The van der Waals surface area contributed by atoms with E-state index in [2.05, 4.69) is 0 Å². The van der Waals surface area contributed by atoms with E-state index in [0.717, 1.165) is 17.4 Å². The van der Waals surface area contributed by atoms with Gasteiger partial charge in [-0.1, -0.05) is 18.2 Å². The topological polar surface area (TPSA) is 52.6 Å². The first-order valence-electron chi connectivity index (χ1n) is 5.26. The van der Waals surface area contributed by atoms with Crippen LogP contribution in [0.15, 0.2) is 18.2 Å². The van der Waals surface area contributed by atoms with E-state index >= 15 is 0 Å². The highest BCUT2D eigenvalue weighted by Gasteiger charge is 2.27. The summed E-state index contributed by atoms with van der Waals surface area (Å²) < 4.78 is 32.7. The predicted octanol–water partition coefficient (Wildman–Crippen LogP) is 2.39. The third-order valence-corrected chi connectivity index (χ3v) is 2.81. The monoisotopic (exact) mass is 258 g/mol. The van der Waals surface area contributed by atoms with Crippen LogP contribution >= 0.6 is 0 Å². The summed E-state index contributed by atoms with van der Waals surface area (Å²) in [4.78, 5) is 0. The third kappa shape index (κ3) is 4.36. The zero-order valence-electron chi connectivity index (χ0n) is 10.8. The average Bonchev–Trinajstić information content (AvgIpc) is 2.07. The van der Waals surface area contributed by atoms with Crippen LogP contribution in [0.2, 0.25) is 0 Å². The quantitative estimate of drug-likeness (QED) is 0.614. The van der Waals surface area contributed by atoms with Gasteiger partial charge in [-0.25, -0.2) is 4.18 Å². The van der Waals surface area contributed by atoms with Crippen LogP contribution < -0.4 is 4.74 Å². The van der Waals surface area contributed by atoms with Gasteiger partial charge < -0.3 is 4.74 Å². The molecule has 0 unspecified atom stereocenters. The second kappa shape index (κ2) is 4.66. The molecular weight excluding hydrogens is 240 g/mol. The van der Waals surface area contributed by atoms with Crippen molar-refractivity contribution in [3.63, 3.8) is 0 Å². The van der Waals surface area contributed by atoms with Crippen molar-refractivity contribution in [2.24, 2.45) is 0 Å². The molecule has 0 atom stereocenters. The standard InChI is InChI=1S/C12H18O4S/c1-9-7-6-8-10(2)11(9)15-12(3,4)16-17(5,13)14/h6-8H,1-5H3. The highest BCUT2D eigenvalue weighted by atomic mass is 32.2. The van der Waals surface area contributed by atoms with Crippen molar-refractivity contribution in [1.29, 1.82) is 0 Å². The van der Waals surface area contributed by atoms with Gasteiger partial charge in [0.05, 0.1) is 6.26 Å². The number of hydrogen-bond acceptors (Lipinski definition) is 4. The fourth-order valence-corrected chi connectivity index (χ4v) is 2.35. The third-order valence-electron chi connectivity index (χ3n) is 2.11. The van der Waals surface area contributed by atoms with Crippen LogP contribution in [0, 0.1) is 13.8 Å². The van der Waals surface area contributed by atoms with Gasteiger partial charge in [0.25, 0.3) is 10.1 Å². The molecule has 1 aromatic carbocycles. The molecule has 0 spiro atoms. The van der Waals surface area contributed by atoms with Crippen molar-refractivity contribution < 1.29 is 17.3 Å². The van der Waals surface area contributed by atoms with Crippen LogP contribution in [0.5, 0.6) is 5.75 Å². The first-order valence-corrected chi connectivity index (χ1v) is 7.08. The summed E-state index contributed by atoms with van der Waals surface area (Å²) in [7, 11) is -3.55. The molecule has 0 N–H and O–H groups in total. The lowest BCUT2D eigenvalue weighted by atomic mass is 10.1. The summed E-state index contributed by atoms with van der Waals surface area (Å²) >= 11 is 0. The second-order valence-electron chi connectivity index (χ2n) is 4.51. The first-order chi connectivity index (χ1) is 7.61. The van der Waals surface area contributed by atoms with Gasteiger partial charge in [0.1, 0.15) is 5.75 Å². The Hall–Kier alpha value is -1.07. The zero-order chi connectivity index (χ0) is 13.3. The Morgan fingerprint density at radius 2 is 1.59 bits per heavy atom. The Kier molecular flexibility index (Phi) is 3.84. The van der Waals surface area contributed by atoms with Gasteiger partial charge in [-0.3, -0.25) is 0 Å². The summed E-state index contributed by atoms with van der Waals surface area (Å²) in [5.41, 5.74) is 1.88. The van der Waals surface area contributed by atoms with Crippen LogP contribution in [-0.4, -0.2) is 20.5 Å². The molecule has 0 aromatic heterocycles. The van der Waals surface area contributed by atoms with E-state index in [0.29, 0.717) is 5.75 Å². The molecule has 96 valence electrons. The van der Waals surface area contributed by atoms with E-state index in [1.807, 2.05) is 32.0 Å². The summed E-state index contributed by atoms with van der Waals surface area (Å²) in [5, 5.41) is 0. The average molecular weight is 258 g/mol. The predicted molar refractivity (Wildman–Crippen MR) is 66.6 cm³/mol. The first kappa shape index (κ1) is 14.0. The molecule has 0 heterocycles. The fourth-order valence-electron chi connectivity index (χ4n) is 1.59. The molecule has 0 amide bonds. The zero-order valence-corrected chi connectivity index (χ0v) is 11.6. The van der Waals surface area contributed by atoms with Crippen molar-refractivity contribution in [3.05, 3.63) is 29.3 Å². The van der Waals surface area contributed by atoms with Gasteiger partial charge in [-0.15, -0.1) is 0 Å². The SMILES string of the molecule is Cc1cccc(C)c1OC(C)(C)OS(C)(=O)=O. The summed E-state index contributed by atoms with van der Waals surface area (Å²) in [6.07, 6.45) is 1.00. The molecular formula is C12H18O4S. The van der Waals surface area contributed by atoms with Gasteiger partial charge in [-0.05, 0) is 25.0 Å². The van der Waals surface area contributed by atoms with Gasteiger partial charge >= 0.3 is 0 Å². The second-order valence-corrected chi connectivity index (χ2v) is 6.09. The van der Waals surface area contributed by atoms with Crippen LogP contribution in [0.3, 0.4) is 0 Å². The van der Waals surface area contributed by atoms with E-state index in [-0.39, 0.29) is 0 Å². The minimum atomic E-state index is -3.55. The minimum Gasteiger partial charge on any atom is -0.461 e. The Labute approximate surface area is 103 Å². The van der Waals surface area contributed by atoms with Gasteiger partial charge in [0.2, 0.25) is 5.79 Å². The van der Waals surface area contributed by atoms with Crippen molar-refractivity contribution in [2.75, 3.05) is 6.26 Å². The molecule has 17 heavy (non-hydrogen) atoms. The molecule has 0 radical (unpaired) electrons. The number of hydrogen-bond donors (Lipinski definition) is 0. The van der Waals surface area contributed by atoms with Gasteiger partial charge in [0, 0.05) is 13.8 Å². The van der Waals surface area contributed by atoms with Crippen LogP contribution in [-0.2, 0) is 14.3 Å². The van der Waals surface area contributed by atoms with E-state index in [4.69, 9.17) is 8.92 Å². The van der Waals surface area contributed by atoms with E-state index < -0.39 is 15.9 Å². The molecule has 0 aliphatic heterocycles. The molecule has 4 nitrogen and oxygen atoms in total. The Bertz CT molecular complexity index is 483. The highest BCUT2D eigenvalue weighted by Crippen LogP contribution is 2.27. The number of aryl methyl sites for hydroxylation is 2. The molecule has 1 aromatic rings. The minimum absolute atomic E-state index is 0.654. The summed E-state index contributed by atoms with van der Waals surface area (Å²) in [6.45, 7) is 6.94. The van der Waals surface area contributed by atoms with Crippen LogP contribution in [0.4, 0.5) is 0 Å². The van der Waals surface area contributed by atoms with Crippen molar-refractivity contribution >= 4 is 10.1 Å². The molecule has 0 bridgehead atoms. The molecule has 0 aliphatic carbocycles. The molecule has 0 saturated carbocycles. The number of benzene rings is 1. The Balaban J connectivity index is 2.98. The highest BCUT2D eigenvalue weighted by molar-refractivity contribution is 7.86. The smallest absolute Gasteiger partial charge is 0.267 e. The lowest BCUT2D eigenvalue weighted by molar-refractivity contribution is -0.0761. The van der Waals surface area contributed by atoms with E-state index in [1.54, 1.807) is 13.8 Å². The summed E-state index contributed by atoms with van der Waals surface area (Å²) in [5.74, 6) is -0.564. The van der Waals surface area contributed by atoms with Crippen LogP contribution in [0.25, 0.3) is 0 Å². The maximum Gasteiger partial charge on any atom is 0.267 e. The van der Waals surface area contributed by atoms with Gasteiger partial charge in [-0.2, -0.15) is 8.42 Å². The lowest BCUT2D eigenvalue weighted by Gasteiger charge is -2.26.